The quantitative estimate of drug-likeness (QED) is 0.911. The van der Waals surface area contributed by atoms with Gasteiger partial charge in [-0.3, -0.25) is 4.79 Å². The molecule has 2 heterocycles. The van der Waals surface area contributed by atoms with Crippen LogP contribution in [0.5, 0.6) is 0 Å². The molecular weight excluding hydrogens is 338 g/mol. The van der Waals surface area contributed by atoms with Crippen LogP contribution in [0.25, 0.3) is 5.69 Å². The molecule has 0 spiro atoms. The summed E-state index contributed by atoms with van der Waals surface area (Å²) >= 11 is 0. The van der Waals surface area contributed by atoms with Crippen LogP contribution in [0.4, 0.5) is 5.82 Å². The summed E-state index contributed by atoms with van der Waals surface area (Å²) in [5, 5.41) is 7.35. The molecule has 3 rings (SSSR count). The van der Waals surface area contributed by atoms with Crippen LogP contribution < -0.4 is 5.32 Å². The average Bonchev–Trinajstić information content (AvgIpc) is 2.91. The van der Waals surface area contributed by atoms with Crippen LogP contribution in [-0.2, 0) is 26.1 Å². The molecule has 25 heavy (non-hydrogen) atoms. The lowest BCUT2D eigenvalue weighted by Crippen LogP contribution is -2.22. The normalized spacial score (nSPS) is 15.8. The third-order valence-corrected chi connectivity index (χ3v) is 5.46. The van der Waals surface area contributed by atoms with E-state index in [9.17, 15) is 13.2 Å². The Morgan fingerprint density at radius 1 is 1.20 bits per heavy atom. The number of nitrogens with one attached hydrogen (secondary N) is 1. The highest BCUT2D eigenvalue weighted by atomic mass is 32.2. The summed E-state index contributed by atoms with van der Waals surface area (Å²) < 4.78 is 25.5. The smallest absolute Gasteiger partial charge is 0.226 e. The van der Waals surface area contributed by atoms with Crippen molar-refractivity contribution in [2.75, 3.05) is 5.32 Å². The van der Waals surface area contributed by atoms with Crippen LogP contribution in [0.3, 0.4) is 0 Å². The van der Waals surface area contributed by atoms with E-state index < -0.39 is 9.84 Å². The zero-order chi connectivity index (χ0) is 18.4. The van der Waals surface area contributed by atoms with E-state index in [0.29, 0.717) is 23.5 Å². The largest absolute Gasteiger partial charge is 0.310 e. The molecular formula is C18H23N3O3S. The fourth-order valence-electron chi connectivity index (χ4n) is 2.90. The van der Waals surface area contributed by atoms with Gasteiger partial charge in [0.05, 0.1) is 22.9 Å². The molecule has 1 N–H and O–H groups in total. The number of anilines is 1. The Balaban J connectivity index is 2.02. The molecule has 1 aliphatic rings. The first-order valence-electron chi connectivity index (χ1n) is 8.22. The SMILES string of the molecule is Cc1ccc(-n2nc3c(c2NC(=O)CC(C)(C)C)CS(=O)(=O)C3)cc1. The van der Waals surface area contributed by atoms with Crippen molar-refractivity contribution in [2.45, 2.75) is 45.6 Å². The van der Waals surface area contributed by atoms with Gasteiger partial charge in [-0.2, -0.15) is 5.10 Å². The highest BCUT2D eigenvalue weighted by Gasteiger charge is 2.33. The van der Waals surface area contributed by atoms with Crippen LogP contribution in [0.1, 0.15) is 44.0 Å². The predicted molar refractivity (Wildman–Crippen MR) is 97.3 cm³/mol. The van der Waals surface area contributed by atoms with E-state index in [1.54, 1.807) is 4.68 Å². The Morgan fingerprint density at radius 2 is 1.84 bits per heavy atom. The van der Waals surface area contributed by atoms with Crippen LogP contribution in [-0.4, -0.2) is 24.1 Å². The number of rotatable bonds is 3. The van der Waals surface area contributed by atoms with Crippen LogP contribution >= 0.6 is 0 Å². The number of fused-ring (bicyclic) bond motifs is 1. The van der Waals surface area contributed by atoms with Gasteiger partial charge in [0.2, 0.25) is 5.91 Å². The monoisotopic (exact) mass is 361 g/mol. The molecule has 0 saturated heterocycles. The molecule has 1 aliphatic heterocycles. The lowest BCUT2D eigenvalue weighted by molar-refractivity contribution is -0.117. The van der Waals surface area contributed by atoms with E-state index in [0.717, 1.165) is 11.3 Å². The second-order valence-electron chi connectivity index (χ2n) is 7.84. The molecule has 0 unspecified atom stereocenters. The maximum atomic E-state index is 12.4. The fraction of sp³-hybridized carbons (Fsp3) is 0.444. The van der Waals surface area contributed by atoms with Crippen molar-refractivity contribution in [3.05, 3.63) is 41.1 Å². The van der Waals surface area contributed by atoms with Gasteiger partial charge in [0.15, 0.2) is 9.84 Å². The molecule has 6 nitrogen and oxygen atoms in total. The minimum absolute atomic E-state index is 0.0800. The summed E-state index contributed by atoms with van der Waals surface area (Å²) in [4.78, 5) is 12.4. The summed E-state index contributed by atoms with van der Waals surface area (Å²) in [7, 11) is -3.19. The van der Waals surface area contributed by atoms with Crippen molar-refractivity contribution in [3.63, 3.8) is 0 Å². The molecule has 134 valence electrons. The number of hydrogen-bond acceptors (Lipinski definition) is 4. The minimum Gasteiger partial charge on any atom is -0.310 e. The van der Waals surface area contributed by atoms with Gasteiger partial charge in [-0.1, -0.05) is 38.5 Å². The van der Waals surface area contributed by atoms with Crippen LogP contribution in [0, 0.1) is 12.3 Å². The summed E-state index contributed by atoms with van der Waals surface area (Å²) in [6, 6.07) is 7.73. The van der Waals surface area contributed by atoms with Crippen molar-refractivity contribution in [1.29, 1.82) is 0 Å². The van der Waals surface area contributed by atoms with Gasteiger partial charge in [0.25, 0.3) is 0 Å². The molecule has 1 aromatic heterocycles. The Kier molecular flexibility index (Phi) is 4.23. The van der Waals surface area contributed by atoms with E-state index in [2.05, 4.69) is 10.4 Å². The van der Waals surface area contributed by atoms with E-state index >= 15 is 0 Å². The summed E-state index contributed by atoms with van der Waals surface area (Å²) in [5.41, 5.74) is 2.87. The number of aromatic nitrogens is 2. The van der Waals surface area contributed by atoms with Crippen molar-refractivity contribution in [3.8, 4) is 5.69 Å². The molecule has 2 aromatic rings. The van der Waals surface area contributed by atoms with Crippen molar-refractivity contribution in [1.82, 2.24) is 9.78 Å². The van der Waals surface area contributed by atoms with E-state index in [1.165, 1.54) is 0 Å². The standard InChI is InChI=1S/C18H23N3O3S/c1-12-5-7-13(8-6-12)21-17(19-16(22)9-18(2,3)4)14-10-25(23,24)11-15(14)20-21/h5-8H,9-11H2,1-4H3,(H,19,22). The predicted octanol–water partition coefficient (Wildman–Crippen LogP) is 2.98. The molecule has 1 amide bonds. The van der Waals surface area contributed by atoms with Crippen LogP contribution in [0.2, 0.25) is 0 Å². The second-order valence-corrected chi connectivity index (χ2v) is 9.90. The summed E-state index contributed by atoms with van der Waals surface area (Å²) in [6.45, 7) is 7.95. The van der Waals surface area contributed by atoms with E-state index in [4.69, 9.17) is 0 Å². The van der Waals surface area contributed by atoms with Crippen molar-refractivity contribution >= 4 is 21.6 Å². The van der Waals surface area contributed by atoms with Gasteiger partial charge in [0.1, 0.15) is 5.82 Å². The third kappa shape index (κ3) is 3.92. The van der Waals surface area contributed by atoms with Gasteiger partial charge in [-0.25, -0.2) is 13.1 Å². The van der Waals surface area contributed by atoms with Gasteiger partial charge < -0.3 is 5.32 Å². The molecule has 0 fully saturated rings. The fourth-order valence-corrected chi connectivity index (χ4v) is 4.40. The number of carbonyl (C=O) groups excluding carboxylic acids is 1. The molecule has 0 aliphatic carbocycles. The van der Waals surface area contributed by atoms with Gasteiger partial charge >= 0.3 is 0 Å². The first kappa shape index (κ1) is 17.7. The zero-order valence-electron chi connectivity index (χ0n) is 15.0. The first-order valence-corrected chi connectivity index (χ1v) is 10.0. The Bertz CT molecular complexity index is 920. The summed E-state index contributed by atoms with van der Waals surface area (Å²) in [5.74, 6) is 0.157. The van der Waals surface area contributed by atoms with Gasteiger partial charge in [-0.15, -0.1) is 0 Å². The van der Waals surface area contributed by atoms with Crippen molar-refractivity contribution in [2.24, 2.45) is 5.41 Å². The maximum Gasteiger partial charge on any atom is 0.226 e. The summed E-state index contributed by atoms with van der Waals surface area (Å²) in [6.07, 6.45) is 0.341. The number of aryl methyl sites for hydroxylation is 1. The minimum atomic E-state index is -3.19. The number of hydrogen-bond donors (Lipinski definition) is 1. The molecule has 0 bridgehead atoms. The maximum absolute atomic E-state index is 12.4. The molecule has 0 saturated carbocycles. The Hall–Kier alpha value is -2.15. The first-order chi connectivity index (χ1) is 11.5. The molecule has 0 atom stereocenters. The number of sulfone groups is 1. The Morgan fingerprint density at radius 3 is 2.44 bits per heavy atom. The zero-order valence-corrected chi connectivity index (χ0v) is 15.8. The van der Waals surface area contributed by atoms with Crippen LogP contribution in [0.15, 0.2) is 24.3 Å². The molecule has 7 heteroatoms. The number of amides is 1. The van der Waals surface area contributed by atoms with Gasteiger partial charge in [0, 0.05) is 12.0 Å². The van der Waals surface area contributed by atoms with E-state index in [1.807, 2.05) is 52.0 Å². The highest BCUT2D eigenvalue weighted by Crippen LogP contribution is 2.33. The topological polar surface area (TPSA) is 81.1 Å². The number of nitrogens with zero attached hydrogens (tertiary/aromatic N) is 2. The highest BCUT2D eigenvalue weighted by molar-refractivity contribution is 7.90. The molecule has 0 radical (unpaired) electrons. The average molecular weight is 361 g/mol. The number of benzene rings is 1. The Labute approximate surface area is 148 Å². The third-order valence-electron chi connectivity index (χ3n) is 4.01. The number of carbonyl (C=O) groups is 1. The lowest BCUT2D eigenvalue weighted by atomic mass is 9.92. The van der Waals surface area contributed by atoms with Crippen molar-refractivity contribution < 1.29 is 13.2 Å². The van der Waals surface area contributed by atoms with Gasteiger partial charge in [-0.05, 0) is 24.5 Å². The molecule has 1 aromatic carbocycles. The van der Waals surface area contributed by atoms with E-state index in [-0.39, 0.29) is 22.8 Å². The second kappa shape index (κ2) is 5.98. The lowest BCUT2D eigenvalue weighted by Gasteiger charge is -2.18.